The second-order valence-electron chi connectivity index (χ2n) is 4.69. The molecule has 1 aromatic rings. The minimum absolute atomic E-state index is 0.488. The molecule has 0 aliphatic carbocycles. The van der Waals surface area contributed by atoms with Crippen molar-refractivity contribution in [3.8, 4) is 6.07 Å². The van der Waals surface area contributed by atoms with Crippen molar-refractivity contribution in [2.45, 2.75) is 32.7 Å². The molecule has 0 spiro atoms. The molecular formula is C13H17N3. The lowest BCUT2D eigenvalue weighted by Crippen LogP contribution is -2.40. The van der Waals surface area contributed by atoms with E-state index in [1.165, 1.54) is 12.8 Å². The van der Waals surface area contributed by atoms with Gasteiger partial charge in [-0.3, -0.25) is 0 Å². The quantitative estimate of drug-likeness (QED) is 0.723. The second-order valence-corrected chi connectivity index (χ2v) is 4.69. The molecule has 1 saturated heterocycles. The Hall–Kier alpha value is -1.56. The summed E-state index contributed by atoms with van der Waals surface area (Å²) in [6, 6.07) is 6.40. The number of aromatic nitrogens is 1. The zero-order chi connectivity index (χ0) is 11.5. The van der Waals surface area contributed by atoms with E-state index in [0.29, 0.717) is 11.7 Å². The average molecular weight is 215 g/mol. The highest BCUT2D eigenvalue weighted by molar-refractivity contribution is 5.47. The van der Waals surface area contributed by atoms with Gasteiger partial charge in [0.05, 0.1) is 11.9 Å². The number of anilines is 1. The smallest absolute Gasteiger partial charge is 0.140 e. The highest BCUT2D eigenvalue weighted by Crippen LogP contribution is 2.27. The first-order chi connectivity index (χ1) is 7.70. The lowest BCUT2D eigenvalue weighted by Gasteiger charge is -2.38. The van der Waals surface area contributed by atoms with E-state index in [0.717, 1.165) is 18.2 Å². The second kappa shape index (κ2) is 4.52. The van der Waals surface area contributed by atoms with Crippen molar-refractivity contribution >= 4 is 5.69 Å². The number of nitriles is 1. The van der Waals surface area contributed by atoms with E-state index in [-0.39, 0.29) is 0 Å². The topological polar surface area (TPSA) is 39.9 Å². The summed E-state index contributed by atoms with van der Waals surface area (Å²) in [7, 11) is 0. The maximum absolute atomic E-state index is 8.70. The van der Waals surface area contributed by atoms with E-state index in [2.05, 4.69) is 23.7 Å². The van der Waals surface area contributed by atoms with Gasteiger partial charge in [0.15, 0.2) is 0 Å². The fourth-order valence-electron chi connectivity index (χ4n) is 2.41. The monoisotopic (exact) mass is 215 g/mol. The van der Waals surface area contributed by atoms with E-state index >= 15 is 0 Å². The first-order valence-corrected chi connectivity index (χ1v) is 5.83. The maximum atomic E-state index is 8.70. The Labute approximate surface area is 96.7 Å². The van der Waals surface area contributed by atoms with Crippen LogP contribution in [0, 0.1) is 17.2 Å². The molecule has 1 fully saturated rings. The van der Waals surface area contributed by atoms with E-state index in [9.17, 15) is 0 Å². The summed E-state index contributed by atoms with van der Waals surface area (Å²) in [6.07, 6.45) is 4.29. The third-order valence-corrected chi connectivity index (χ3v) is 3.33. The van der Waals surface area contributed by atoms with Crippen molar-refractivity contribution in [2.75, 3.05) is 11.4 Å². The van der Waals surface area contributed by atoms with Crippen molar-refractivity contribution in [2.24, 2.45) is 5.92 Å². The van der Waals surface area contributed by atoms with Crippen LogP contribution in [0.4, 0.5) is 5.69 Å². The van der Waals surface area contributed by atoms with E-state index < -0.39 is 0 Å². The Balaban J connectivity index is 2.14. The molecule has 1 aliphatic heterocycles. The standard InChI is InChI=1S/C13H17N3/c1-10-5-6-16(11(2)7-10)13-4-3-12(8-14)15-9-13/h3-4,9-11H,5-7H2,1-2H3/t10-,11-/m1/s1. The van der Waals surface area contributed by atoms with Crippen molar-refractivity contribution in [3.05, 3.63) is 24.0 Å². The molecule has 2 heterocycles. The number of pyridine rings is 1. The van der Waals surface area contributed by atoms with Gasteiger partial charge in [0, 0.05) is 12.6 Å². The van der Waals surface area contributed by atoms with Gasteiger partial charge in [0.2, 0.25) is 0 Å². The van der Waals surface area contributed by atoms with E-state index in [1.54, 1.807) is 6.07 Å². The molecule has 2 atom stereocenters. The highest BCUT2D eigenvalue weighted by atomic mass is 15.2. The number of hydrogen-bond acceptors (Lipinski definition) is 3. The molecule has 0 amide bonds. The van der Waals surface area contributed by atoms with Crippen molar-refractivity contribution in [1.82, 2.24) is 4.98 Å². The van der Waals surface area contributed by atoms with Crippen LogP contribution in [0.5, 0.6) is 0 Å². The molecule has 3 heteroatoms. The predicted octanol–water partition coefficient (Wildman–Crippen LogP) is 2.58. The molecule has 0 radical (unpaired) electrons. The summed E-state index contributed by atoms with van der Waals surface area (Å²) < 4.78 is 0. The molecule has 0 unspecified atom stereocenters. The summed E-state index contributed by atoms with van der Waals surface area (Å²) in [5, 5.41) is 8.70. The Kier molecular flexibility index (Phi) is 3.09. The average Bonchev–Trinajstić information content (AvgIpc) is 2.29. The van der Waals surface area contributed by atoms with Crippen LogP contribution in [0.3, 0.4) is 0 Å². The largest absolute Gasteiger partial charge is 0.368 e. The normalized spacial score (nSPS) is 25.2. The summed E-state index contributed by atoms with van der Waals surface area (Å²) in [5.74, 6) is 0.817. The van der Waals surface area contributed by atoms with Crippen LogP contribution in [0.1, 0.15) is 32.4 Å². The predicted molar refractivity (Wildman–Crippen MR) is 64.2 cm³/mol. The van der Waals surface area contributed by atoms with Crippen LogP contribution in [0.25, 0.3) is 0 Å². The van der Waals surface area contributed by atoms with Gasteiger partial charge in [-0.2, -0.15) is 5.26 Å². The van der Waals surface area contributed by atoms with Gasteiger partial charge in [-0.1, -0.05) is 6.92 Å². The molecule has 1 aromatic heterocycles. The van der Waals surface area contributed by atoms with Gasteiger partial charge in [-0.15, -0.1) is 0 Å². The Morgan fingerprint density at radius 3 is 2.81 bits per heavy atom. The van der Waals surface area contributed by atoms with E-state index in [1.807, 2.05) is 18.3 Å². The number of nitrogens with zero attached hydrogens (tertiary/aromatic N) is 3. The van der Waals surface area contributed by atoms with Gasteiger partial charge in [0.25, 0.3) is 0 Å². The van der Waals surface area contributed by atoms with Gasteiger partial charge in [-0.05, 0) is 37.8 Å². The zero-order valence-electron chi connectivity index (χ0n) is 9.85. The molecule has 84 valence electrons. The fraction of sp³-hybridized carbons (Fsp3) is 0.538. The summed E-state index contributed by atoms with van der Waals surface area (Å²) in [4.78, 5) is 6.51. The summed E-state index contributed by atoms with van der Waals surface area (Å²) >= 11 is 0. The summed E-state index contributed by atoms with van der Waals surface area (Å²) in [5.41, 5.74) is 1.63. The molecule has 0 N–H and O–H groups in total. The van der Waals surface area contributed by atoms with Crippen LogP contribution in [-0.4, -0.2) is 17.6 Å². The third kappa shape index (κ3) is 2.16. The van der Waals surface area contributed by atoms with E-state index in [4.69, 9.17) is 5.26 Å². The van der Waals surface area contributed by atoms with Gasteiger partial charge in [-0.25, -0.2) is 4.98 Å². The third-order valence-electron chi connectivity index (χ3n) is 3.33. The van der Waals surface area contributed by atoms with Crippen molar-refractivity contribution in [1.29, 1.82) is 5.26 Å². The van der Waals surface area contributed by atoms with Crippen LogP contribution in [-0.2, 0) is 0 Å². The molecular weight excluding hydrogens is 198 g/mol. The number of rotatable bonds is 1. The molecule has 1 aliphatic rings. The molecule has 0 bridgehead atoms. The van der Waals surface area contributed by atoms with Crippen LogP contribution in [0.15, 0.2) is 18.3 Å². The van der Waals surface area contributed by atoms with Crippen molar-refractivity contribution < 1.29 is 0 Å². The lowest BCUT2D eigenvalue weighted by atomic mass is 9.93. The van der Waals surface area contributed by atoms with Crippen LogP contribution >= 0.6 is 0 Å². The zero-order valence-corrected chi connectivity index (χ0v) is 9.85. The molecule has 0 aromatic carbocycles. The van der Waals surface area contributed by atoms with Crippen molar-refractivity contribution in [3.63, 3.8) is 0 Å². The van der Waals surface area contributed by atoms with Gasteiger partial charge in [0.1, 0.15) is 11.8 Å². The fourth-order valence-corrected chi connectivity index (χ4v) is 2.41. The Bertz CT molecular complexity index is 391. The summed E-state index contributed by atoms with van der Waals surface area (Å²) in [6.45, 7) is 5.66. The van der Waals surface area contributed by atoms with Crippen LogP contribution < -0.4 is 4.90 Å². The Morgan fingerprint density at radius 2 is 2.25 bits per heavy atom. The van der Waals surface area contributed by atoms with Gasteiger partial charge < -0.3 is 4.90 Å². The molecule has 0 saturated carbocycles. The molecule has 3 nitrogen and oxygen atoms in total. The molecule has 2 rings (SSSR count). The maximum Gasteiger partial charge on any atom is 0.140 e. The van der Waals surface area contributed by atoms with Gasteiger partial charge >= 0.3 is 0 Å². The Morgan fingerprint density at radius 1 is 1.44 bits per heavy atom. The first kappa shape index (κ1) is 10.9. The SMILES string of the molecule is C[C@@H]1CCN(c2ccc(C#N)nc2)[C@H](C)C1. The minimum Gasteiger partial charge on any atom is -0.368 e. The highest BCUT2D eigenvalue weighted by Gasteiger charge is 2.22. The minimum atomic E-state index is 0.488. The number of piperidine rings is 1. The molecule has 16 heavy (non-hydrogen) atoms. The lowest BCUT2D eigenvalue weighted by molar-refractivity contribution is 0.378. The first-order valence-electron chi connectivity index (χ1n) is 5.83. The van der Waals surface area contributed by atoms with Crippen LogP contribution in [0.2, 0.25) is 0 Å². The number of hydrogen-bond donors (Lipinski definition) is 0.